The zero-order chi connectivity index (χ0) is 84.8. The standard InChI is InChI=1S/2C60H40N4/c1-3-22-45(23-4-1)63(47-34-35-56-52(40-47)48-26-9-10-32-55(48)64(56)46-24-5-2-6-25-46)57-33-17-29-51-58(43-20-15-18-41(38-43)53-30-11-13-36-61-53)49-27-7-8-28-50(49)59(60(51)57)44-21-16-19-42(39-44)54-31-12-14-37-62-54;1-3-21-45(22-4-1)63(48-32-34-58-53(39-48)49-25-9-10-30-57(49)64(58)46-23-5-2-6-24-46)47-31-33-52-54(40-47)60(44-20-16-18-42(38-44)56-29-12-14-36-62-56)51-27-8-7-26-50(51)59(52)43-19-15-17-41(37-43)55-28-11-13-35-61-55/h2*1-40H. The number of rotatable bonds is 16. The van der Waals surface area contributed by atoms with E-state index in [1.807, 2.05) is 55.1 Å². The SMILES string of the molecule is c1ccc(N(c2ccc3c(-c4cccc(-c5ccccn5)c4)c4ccccc4c(-c4cccc(-c5ccccn5)c4)c3c2)c2ccc3c(c2)c2ccccc2n3-c2ccccc2)cc1.c1ccc(N(c2ccc3c(c2)c2ccccc2n3-c2ccccc2)c2cccc3c(-c4cccc(-c5ccccn5)c4)c4ccccc4c(-c4cccc(-c5ccccn5)c4)c23)cc1. The number of aromatic nitrogens is 6. The summed E-state index contributed by atoms with van der Waals surface area (Å²) in [5.41, 5.74) is 30.8. The van der Waals surface area contributed by atoms with Crippen LogP contribution < -0.4 is 9.80 Å². The van der Waals surface area contributed by atoms with E-state index in [0.29, 0.717) is 0 Å². The molecule has 0 aliphatic rings. The Labute approximate surface area is 741 Å². The molecule has 0 aliphatic carbocycles. The van der Waals surface area contributed by atoms with Crippen molar-refractivity contribution in [3.63, 3.8) is 0 Å². The maximum Gasteiger partial charge on any atom is 0.0702 e. The van der Waals surface area contributed by atoms with E-state index in [2.05, 4.69) is 450 Å². The molecular weight excluding hydrogens is 1550 g/mol. The molecule has 6 heterocycles. The van der Waals surface area contributed by atoms with Gasteiger partial charge in [-0.25, -0.2) is 0 Å². The van der Waals surface area contributed by atoms with Gasteiger partial charge >= 0.3 is 0 Å². The van der Waals surface area contributed by atoms with Gasteiger partial charge in [0.2, 0.25) is 0 Å². The summed E-state index contributed by atoms with van der Waals surface area (Å²) in [4.78, 5) is 23.8. The van der Waals surface area contributed by atoms with Gasteiger partial charge in [0.15, 0.2) is 0 Å². The first kappa shape index (κ1) is 75.7. The van der Waals surface area contributed by atoms with E-state index in [4.69, 9.17) is 19.9 Å². The number of hydrogen-bond donors (Lipinski definition) is 0. The second kappa shape index (κ2) is 32.9. The minimum absolute atomic E-state index is 0.940. The topological polar surface area (TPSA) is 67.9 Å². The lowest BCUT2D eigenvalue weighted by Crippen LogP contribution is -2.11. The van der Waals surface area contributed by atoms with Crippen LogP contribution in [0.1, 0.15) is 0 Å². The van der Waals surface area contributed by atoms with E-state index < -0.39 is 0 Å². The third-order valence-electron chi connectivity index (χ3n) is 24.9. The molecular formula is C120H80N8. The second-order valence-corrected chi connectivity index (χ2v) is 32.3. The van der Waals surface area contributed by atoms with Crippen molar-refractivity contribution in [1.29, 1.82) is 0 Å². The van der Waals surface area contributed by atoms with Crippen LogP contribution in [-0.4, -0.2) is 29.1 Å². The first-order valence-electron chi connectivity index (χ1n) is 43.5. The Kier molecular flexibility index (Phi) is 19.5. The molecule has 8 heteroatoms. The van der Waals surface area contributed by atoms with Gasteiger partial charge in [-0.05, 0) is 270 Å². The highest BCUT2D eigenvalue weighted by atomic mass is 15.2. The molecule has 0 saturated carbocycles. The lowest BCUT2D eigenvalue weighted by atomic mass is 9.84. The maximum absolute atomic E-state index is 4.77. The fraction of sp³-hybridized carbons (Fsp3) is 0. The lowest BCUT2D eigenvalue weighted by Gasteiger charge is -2.29. The van der Waals surface area contributed by atoms with Gasteiger partial charge < -0.3 is 18.9 Å². The van der Waals surface area contributed by atoms with Gasteiger partial charge in [0.25, 0.3) is 0 Å². The quantitative estimate of drug-likeness (QED) is 0.0898. The monoisotopic (exact) mass is 1630 g/mol. The van der Waals surface area contributed by atoms with Crippen molar-refractivity contribution in [2.24, 2.45) is 0 Å². The van der Waals surface area contributed by atoms with E-state index in [9.17, 15) is 0 Å². The first-order valence-corrected chi connectivity index (χ1v) is 43.5. The Balaban J connectivity index is 0.000000146. The highest BCUT2D eigenvalue weighted by molar-refractivity contribution is 6.27. The molecule has 0 fully saturated rings. The molecule has 24 rings (SSSR count). The summed E-state index contributed by atoms with van der Waals surface area (Å²) in [7, 11) is 0. The molecule has 600 valence electrons. The Hall–Kier alpha value is -17.2. The van der Waals surface area contributed by atoms with E-state index >= 15 is 0 Å². The third kappa shape index (κ3) is 13.7. The van der Waals surface area contributed by atoms with E-state index in [1.54, 1.807) is 0 Å². The molecule has 0 spiro atoms. The average molecular weight is 1630 g/mol. The molecule has 8 nitrogen and oxygen atoms in total. The summed E-state index contributed by atoms with van der Waals surface area (Å²) in [6, 6.07) is 166. The van der Waals surface area contributed by atoms with Gasteiger partial charge in [-0.15, -0.1) is 0 Å². The normalized spacial score (nSPS) is 11.4. The van der Waals surface area contributed by atoms with Crippen LogP contribution in [0.15, 0.2) is 486 Å². The number of fused-ring (bicyclic) bond motifs is 10. The molecule has 0 N–H and O–H groups in total. The van der Waals surface area contributed by atoms with Crippen molar-refractivity contribution in [2.45, 2.75) is 0 Å². The number of nitrogens with zero attached hydrogens (tertiary/aromatic N) is 8. The van der Waals surface area contributed by atoms with Gasteiger partial charge in [0.05, 0.1) is 50.5 Å². The summed E-state index contributed by atoms with van der Waals surface area (Å²) >= 11 is 0. The lowest BCUT2D eigenvalue weighted by molar-refractivity contribution is 1.18. The van der Waals surface area contributed by atoms with Crippen molar-refractivity contribution in [1.82, 2.24) is 29.1 Å². The predicted molar refractivity (Wildman–Crippen MR) is 536 cm³/mol. The third-order valence-corrected chi connectivity index (χ3v) is 24.9. The summed E-state index contributed by atoms with van der Waals surface area (Å²) in [6.45, 7) is 0. The van der Waals surface area contributed by atoms with Crippen LogP contribution in [0.5, 0.6) is 0 Å². The zero-order valence-corrected chi connectivity index (χ0v) is 69.8. The summed E-state index contributed by atoms with van der Waals surface area (Å²) in [5.74, 6) is 0. The Morgan fingerprint density at radius 1 is 0.164 bits per heavy atom. The minimum Gasteiger partial charge on any atom is -0.310 e. The number of para-hydroxylation sites is 6. The van der Waals surface area contributed by atoms with Crippen LogP contribution in [0, 0.1) is 0 Å². The van der Waals surface area contributed by atoms with Crippen LogP contribution in [-0.2, 0) is 0 Å². The van der Waals surface area contributed by atoms with Crippen LogP contribution >= 0.6 is 0 Å². The molecule has 0 aliphatic heterocycles. The van der Waals surface area contributed by atoms with Crippen molar-refractivity contribution in [2.75, 3.05) is 9.80 Å². The van der Waals surface area contributed by atoms with Crippen LogP contribution in [0.3, 0.4) is 0 Å². The van der Waals surface area contributed by atoms with Gasteiger partial charge in [-0.1, -0.05) is 273 Å². The molecule has 128 heavy (non-hydrogen) atoms. The van der Waals surface area contributed by atoms with E-state index in [0.717, 1.165) is 134 Å². The summed E-state index contributed by atoms with van der Waals surface area (Å²) in [6.07, 6.45) is 7.45. The Morgan fingerprint density at radius 3 is 0.867 bits per heavy atom. The molecule has 24 aromatic rings. The zero-order valence-electron chi connectivity index (χ0n) is 69.8. The Morgan fingerprint density at radius 2 is 0.453 bits per heavy atom. The molecule has 0 bridgehead atoms. The van der Waals surface area contributed by atoms with E-state index in [-0.39, 0.29) is 0 Å². The van der Waals surface area contributed by atoms with Crippen molar-refractivity contribution in [3.8, 4) is 101 Å². The number of hydrogen-bond acceptors (Lipinski definition) is 6. The van der Waals surface area contributed by atoms with Gasteiger partial charge in [0.1, 0.15) is 0 Å². The largest absolute Gasteiger partial charge is 0.310 e. The molecule has 0 saturated heterocycles. The highest BCUT2D eigenvalue weighted by Crippen LogP contribution is 2.53. The van der Waals surface area contributed by atoms with Gasteiger partial charge in [-0.2, -0.15) is 0 Å². The smallest absolute Gasteiger partial charge is 0.0702 e. The fourth-order valence-electron chi connectivity index (χ4n) is 19.3. The van der Waals surface area contributed by atoms with Gasteiger partial charge in [0, 0.05) is 114 Å². The molecule has 0 amide bonds. The Bertz CT molecular complexity index is 8190. The molecule has 18 aromatic carbocycles. The van der Waals surface area contributed by atoms with Crippen LogP contribution in [0.4, 0.5) is 34.1 Å². The van der Waals surface area contributed by atoms with Crippen molar-refractivity contribution in [3.05, 3.63) is 486 Å². The van der Waals surface area contributed by atoms with E-state index in [1.165, 1.54) is 87.3 Å². The van der Waals surface area contributed by atoms with Crippen LogP contribution in [0.25, 0.3) is 188 Å². The summed E-state index contributed by atoms with van der Waals surface area (Å²) < 4.78 is 4.75. The van der Waals surface area contributed by atoms with Gasteiger partial charge in [-0.3, -0.25) is 19.9 Å². The first-order chi connectivity index (χ1) is 63.5. The van der Waals surface area contributed by atoms with Crippen LogP contribution in [0.2, 0.25) is 0 Å². The minimum atomic E-state index is 0.940. The average Bonchev–Trinajstić information content (AvgIpc) is 1.58. The number of pyridine rings is 4. The number of benzene rings is 18. The molecule has 0 radical (unpaired) electrons. The van der Waals surface area contributed by atoms with Crippen molar-refractivity contribution >= 4 is 121 Å². The molecule has 0 unspecified atom stereocenters. The second-order valence-electron chi connectivity index (χ2n) is 32.3. The maximum atomic E-state index is 4.77. The highest BCUT2D eigenvalue weighted by Gasteiger charge is 2.28. The number of anilines is 6. The fourth-order valence-corrected chi connectivity index (χ4v) is 19.3. The van der Waals surface area contributed by atoms with Crippen molar-refractivity contribution < 1.29 is 0 Å². The predicted octanol–water partition coefficient (Wildman–Crippen LogP) is 32.0. The summed E-state index contributed by atoms with van der Waals surface area (Å²) in [5, 5.41) is 14.2. The molecule has 6 aromatic heterocycles. The molecule has 0 atom stereocenters.